The second-order valence-electron chi connectivity index (χ2n) is 7.00. The molecule has 0 aliphatic carbocycles. The van der Waals surface area contributed by atoms with E-state index in [2.05, 4.69) is 10.4 Å². The summed E-state index contributed by atoms with van der Waals surface area (Å²) in [5.74, 6) is 1.07. The minimum atomic E-state index is -0.198. The number of hydrogen-bond donors (Lipinski definition) is 1. The lowest BCUT2D eigenvalue weighted by atomic mass is 10.2. The third-order valence-electron chi connectivity index (χ3n) is 4.55. The molecule has 0 saturated carbocycles. The van der Waals surface area contributed by atoms with E-state index < -0.39 is 0 Å². The molecule has 0 aliphatic heterocycles. The fourth-order valence-electron chi connectivity index (χ4n) is 2.98. The van der Waals surface area contributed by atoms with Gasteiger partial charge in [0.15, 0.2) is 5.82 Å². The van der Waals surface area contributed by atoms with Gasteiger partial charge in [-0.25, -0.2) is 0 Å². The third kappa shape index (κ3) is 5.67. The molecule has 4 aromatic rings. The molecule has 0 fully saturated rings. The molecule has 2 heterocycles. The van der Waals surface area contributed by atoms with Gasteiger partial charge in [0.05, 0.1) is 11.4 Å². The number of carbonyl (C=O) groups excluding carboxylic acids is 1. The zero-order chi connectivity index (χ0) is 21.8. The fourth-order valence-corrected chi connectivity index (χ4v) is 4.12. The summed E-state index contributed by atoms with van der Waals surface area (Å²) >= 11 is 13.3. The number of nitrogens with one attached hydrogen (secondary N) is 1. The minimum absolute atomic E-state index is 0.198. The van der Waals surface area contributed by atoms with Crippen LogP contribution in [-0.2, 0) is 13.2 Å². The molecule has 1 N–H and O–H groups in total. The number of ether oxygens (including phenoxy) is 1. The first-order chi connectivity index (χ1) is 15.0. The fraction of sp³-hybridized carbons (Fsp3) is 0.130. The molecule has 0 unspecified atom stereocenters. The lowest BCUT2D eigenvalue weighted by Gasteiger charge is -2.08. The van der Waals surface area contributed by atoms with E-state index in [-0.39, 0.29) is 5.91 Å². The number of amides is 1. The van der Waals surface area contributed by atoms with Crippen LogP contribution in [0, 0.1) is 6.92 Å². The molecule has 0 radical (unpaired) electrons. The van der Waals surface area contributed by atoms with Crippen molar-refractivity contribution in [1.29, 1.82) is 0 Å². The third-order valence-corrected chi connectivity index (χ3v) is 6.01. The summed E-state index contributed by atoms with van der Waals surface area (Å²) in [5, 5.41) is 10.5. The number of rotatable bonds is 7. The topological polar surface area (TPSA) is 56.1 Å². The SMILES string of the molecule is Cc1cc(Cl)ccc1OCc1csc(C(=O)Nc2ccn(Cc3ccc(Cl)cc3)n2)c1. The van der Waals surface area contributed by atoms with Gasteiger partial charge < -0.3 is 10.1 Å². The Morgan fingerprint density at radius 1 is 1.06 bits per heavy atom. The van der Waals surface area contributed by atoms with Crippen LogP contribution in [-0.4, -0.2) is 15.7 Å². The lowest BCUT2D eigenvalue weighted by Crippen LogP contribution is -2.11. The Labute approximate surface area is 194 Å². The maximum Gasteiger partial charge on any atom is 0.266 e. The van der Waals surface area contributed by atoms with E-state index in [0.717, 1.165) is 22.4 Å². The van der Waals surface area contributed by atoms with Crippen LogP contribution in [0.2, 0.25) is 10.0 Å². The van der Waals surface area contributed by atoms with E-state index in [1.54, 1.807) is 16.8 Å². The molecule has 1 amide bonds. The highest BCUT2D eigenvalue weighted by molar-refractivity contribution is 7.12. The molecule has 31 heavy (non-hydrogen) atoms. The van der Waals surface area contributed by atoms with E-state index in [9.17, 15) is 4.79 Å². The Kier molecular flexibility index (Phi) is 6.61. The number of anilines is 1. The molecule has 2 aromatic carbocycles. The van der Waals surface area contributed by atoms with Crippen molar-refractivity contribution in [3.63, 3.8) is 0 Å². The smallest absolute Gasteiger partial charge is 0.266 e. The van der Waals surface area contributed by atoms with E-state index in [1.807, 2.05) is 61.0 Å². The number of thiophene rings is 1. The predicted octanol–water partition coefficient (Wildman–Crippen LogP) is 6.44. The summed E-state index contributed by atoms with van der Waals surface area (Å²) in [6, 6.07) is 16.7. The van der Waals surface area contributed by atoms with Crippen molar-refractivity contribution in [3.05, 3.63) is 97.8 Å². The summed E-state index contributed by atoms with van der Waals surface area (Å²) in [4.78, 5) is 13.2. The summed E-state index contributed by atoms with van der Waals surface area (Å²) in [6.07, 6.45) is 1.83. The van der Waals surface area contributed by atoms with Crippen molar-refractivity contribution < 1.29 is 9.53 Å². The van der Waals surface area contributed by atoms with Crippen molar-refractivity contribution in [3.8, 4) is 5.75 Å². The van der Waals surface area contributed by atoms with Gasteiger partial charge in [-0.3, -0.25) is 9.48 Å². The zero-order valence-corrected chi connectivity index (χ0v) is 19.0. The molecule has 0 spiro atoms. The minimum Gasteiger partial charge on any atom is -0.489 e. The van der Waals surface area contributed by atoms with Crippen LogP contribution in [0.1, 0.15) is 26.4 Å². The number of benzene rings is 2. The first kappa shape index (κ1) is 21.4. The number of nitrogens with zero attached hydrogens (tertiary/aromatic N) is 2. The monoisotopic (exact) mass is 471 g/mol. The van der Waals surface area contributed by atoms with Crippen LogP contribution in [0.25, 0.3) is 0 Å². The van der Waals surface area contributed by atoms with Crippen molar-refractivity contribution >= 4 is 46.3 Å². The highest BCUT2D eigenvalue weighted by atomic mass is 35.5. The van der Waals surface area contributed by atoms with Crippen LogP contribution in [0.5, 0.6) is 5.75 Å². The van der Waals surface area contributed by atoms with Crippen LogP contribution in [0.4, 0.5) is 5.82 Å². The van der Waals surface area contributed by atoms with Crippen molar-refractivity contribution in [1.82, 2.24) is 9.78 Å². The predicted molar refractivity (Wildman–Crippen MR) is 126 cm³/mol. The first-order valence-corrected chi connectivity index (χ1v) is 11.2. The number of halogens is 2. The number of carbonyl (C=O) groups is 1. The first-order valence-electron chi connectivity index (χ1n) is 9.52. The molecule has 0 bridgehead atoms. The number of hydrogen-bond acceptors (Lipinski definition) is 4. The molecule has 0 saturated heterocycles. The highest BCUT2D eigenvalue weighted by Gasteiger charge is 2.12. The van der Waals surface area contributed by atoms with Gasteiger partial charge >= 0.3 is 0 Å². The number of aromatic nitrogens is 2. The van der Waals surface area contributed by atoms with Crippen LogP contribution in [0.3, 0.4) is 0 Å². The zero-order valence-electron chi connectivity index (χ0n) is 16.6. The maximum atomic E-state index is 12.6. The molecule has 8 heteroatoms. The second kappa shape index (κ2) is 9.56. The van der Waals surface area contributed by atoms with Gasteiger partial charge in [0.1, 0.15) is 12.4 Å². The normalized spacial score (nSPS) is 10.8. The Bertz CT molecular complexity index is 1200. The second-order valence-corrected chi connectivity index (χ2v) is 8.78. The molecule has 0 aliphatic rings. The molecular weight excluding hydrogens is 453 g/mol. The summed E-state index contributed by atoms with van der Waals surface area (Å²) < 4.78 is 7.61. The van der Waals surface area contributed by atoms with E-state index >= 15 is 0 Å². The van der Waals surface area contributed by atoms with Crippen molar-refractivity contribution in [2.24, 2.45) is 0 Å². The molecule has 2 aromatic heterocycles. The van der Waals surface area contributed by atoms with E-state index in [4.69, 9.17) is 27.9 Å². The van der Waals surface area contributed by atoms with Gasteiger partial charge in [0.25, 0.3) is 5.91 Å². The van der Waals surface area contributed by atoms with Gasteiger partial charge in [-0.1, -0.05) is 35.3 Å². The van der Waals surface area contributed by atoms with Gasteiger partial charge in [0, 0.05) is 27.9 Å². The van der Waals surface area contributed by atoms with Gasteiger partial charge in [-0.2, -0.15) is 5.10 Å². The van der Waals surface area contributed by atoms with Crippen LogP contribution in [0.15, 0.2) is 66.2 Å². The van der Waals surface area contributed by atoms with Crippen molar-refractivity contribution in [2.75, 3.05) is 5.32 Å². The van der Waals surface area contributed by atoms with Gasteiger partial charge in [0.2, 0.25) is 0 Å². The quantitative estimate of drug-likeness (QED) is 0.337. The largest absolute Gasteiger partial charge is 0.489 e. The van der Waals surface area contributed by atoms with Gasteiger partial charge in [-0.15, -0.1) is 11.3 Å². The highest BCUT2D eigenvalue weighted by Crippen LogP contribution is 2.24. The Morgan fingerprint density at radius 2 is 1.84 bits per heavy atom. The van der Waals surface area contributed by atoms with Gasteiger partial charge in [-0.05, 0) is 59.8 Å². The lowest BCUT2D eigenvalue weighted by molar-refractivity contribution is 0.103. The maximum absolute atomic E-state index is 12.6. The summed E-state index contributed by atoms with van der Waals surface area (Å²) in [6.45, 7) is 2.92. The molecule has 4 rings (SSSR count). The Morgan fingerprint density at radius 3 is 2.61 bits per heavy atom. The Hall–Kier alpha value is -2.80. The molecule has 5 nitrogen and oxygen atoms in total. The molecule has 158 valence electrons. The molecule has 0 atom stereocenters. The van der Waals surface area contributed by atoms with E-state index in [1.165, 1.54) is 11.3 Å². The molecular formula is C23H19Cl2N3O2S. The van der Waals surface area contributed by atoms with Crippen LogP contribution < -0.4 is 10.1 Å². The average molecular weight is 472 g/mol. The summed E-state index contributed by atoms with van der Waals surface area (Å²) in [5.41, 5.74) is 2.97. The Balaban J connectivity index is 1.33. The average Bonchev–Trinajstić information content (AvgIpc) is 3.39. The number of aryl methyl sites for hydroxylation is 1. The summed E-state index contributed by atoms with van der Waals surface area (Å²) in [7, 11) is 0. The standard InChI is InChI=1S/C23H19Cl2N3O2S/c1-15-10-19(25)6-7-20(15)30-13-17-11-21(31-14-17)23(29)26-22-8-9-28(27-22)12-16-2-4-18(24)5-3-16/h2-11,14H,12-13H2,1H3,(H,26,27,29). The van der Waals surface area contributed by atoms with Crippen LogP contribution >= 0.6 is 34.5 Å². The van der Waals surface area contributed by atoms with Crippen molar-refractivity contribution in [2.45, 2.75) is 20.1 Å². The van der Waals surface area contributed by atoms with E-state index in [0.29, 0.717) is 33.9 Å².